The van der Waals surface area contributed by atoms with Crippen LogP contribution < -0.4 is 0 Å². The summed E-state index contributed by atoms with van der Waals surface area (Å²) in [6.07, 6.45) is 2.22. The van der Waals surface area contributed by atoms with Gasteiger partial charge >= 0.3 is 0 Å². The average Bonchev–Trinajstić information content (AvgIpc) is 2.65. The van der Waals surface area contributed by atoms with Crippen molar-refractivity contribution < 1.29 is 14.4 Å². The standard InChI is InChI=1S/C15H25NO3/c1-5-11(4)13(17)7-6-8-16-14(18)9-12(10(2)3)15(16)19/h10-12H,5-9H2,1-4H3. The number of ketones is 1. The van der Waals surface area contributed by atoms with Gasteiger partial charge in [0, 0.05) is 31.2 Å². The minimum Gasteiger partial charge on any atom is -0.299 e. The molecule has 1 aliphatic heterocycles. The van der Waals surface area contributed by atoms with E-state index >= 15 is 0 Å². The van der Waals surface area contributed by atoms with Crippen LogP contribution in [0, 0.1) is 17.8 Å². The first-order chi connectivity index (χ1) is 8.88. The lowest BCUT2D eigenvalue weighted by atomic mass is 9.94. The maximum atomic E-state index is 12.0. The van der Waals surface area contributed by atoms with Gasteiger partial charge in [0.05, 0.1) is 0 Å². The first-order valence-electron chi connectivity index (χ1n) is 7.25. The number of hydrogen-bond donors (Lipinski definition) is 0. The molecule has 1 heterocycles. The van der Waals surface area contributed by atoms with Crippen LogP contribution in [0.4, 0.5) is 0 Å². The smallest absolute Gasteiger partial charge is 0.233 e. The first-order valence-corrected chi connectivity index (χ1v) is 7.25. The minimum absolute atomic E-state index is 0.0593. The van der Waals surface area contributed by atoms with Crippen molar-refractivity contribution >= 4 is 17.6 Å². The maximum Gasteiger partial charge on any atom is 0.233 e. The molecule has 0 saturated carbocycles. The van der Waals surface area contributed by atoms with Gasteiger partial charge in [-0.3, -0.25) is 19.3 Å². The van der Waals surface area contributed by atoms with Gasteiger partial charge in [0.2, 0.25) is 11.8 Å². The summed E-state index contributed by atoms with van der Waals surface area (Å²) in [5.41, 5.74) is 0. The van der Waals surface area contributed by atoms with Gasteiger partial charge < -0.3 is 0 Å². The Bertz CT molecular complexity index is 362. The molecule has 2 unspecified atom stereocenters. The second-order valence-corrected chi connectivity index (χ2v) is 5.82. The highest BCUT2D eigenvalue weighted by molar-refractivity contribution is 6.03. The van der Waals surface area contributed by atoms with Crippen molar-refractivity contribution in [2.75, 3.05) is 6.54 Å². The molecule has 1 fully saturated rings. The Labute approximate surface area is 115 Å². The molecule has 0 N–H and O–H groups in total. The van der Waals surface area contributed by atoms with Crippen LogP contribution in [0.2, 0.25) is 0 Å². The van der Waals surface area contributed by atoms with Gasteiger partial charge in [-0.05, 0) is 18.8 Å². The zero-order chi connectivity index (χ0) is 14.6. The topological polar surface area (TPSA) is 54.5 Å². The predicted octanol–water partition coefficient (Wildman–Crippen LogP) is 2.41. The van der Waals surface area contributed by atoms with Crippen molar-refractivity contribution in [1.82, 2.24) is 4.90 Å². The van der Waals surface area contributed by atoms with Crippen LogP contribution in [0.25, 0.3) is 0 Å². The van der Waals surface area contributed by atoms with Gasteiger partial charge in [0.25, 0.3) is 0 Å². The molecule has 0 aliphatic carbocycles. The molecule has 1 saturated heterocycles. The zero-order valence-corrected chi connectivity index (χ0v) is 12.4. The molecule has 2 amide bonds. The van der Waals surface area contributed by atoms with E-state index in [9.17, 15) is 14.4 Å². The molecule has 4 nitrogen and oxygen atoms in total. The normalized spacial score (nSPS) is 21.3. The van der Waals surface area contributed by atoms with E-state index in [0.29, 0.717) is 25.8 Å². The highest BCUT2D eigenvalue weighted by Crippen LogP contribution is 2.26. The van der Waals surface area contributed by atoms with Gasteiger partial charge in [0.1, 0.15) is 5.78 Å². The van der Waals surface area contributed by atoms with Crippen LogP contribution in [0.15, 0.2) is 0 Å². The first kappa shape index (κ1) is 15.9. The van der Waals surface area contributed by atoms with Gasteiger partial charge in [-0.1, -0.05) is 27.7 Å². The van der Waals surface area contributed by atoms with Crippen LogP contribution in [-0.4, -0.2) is 29.0 Å². The number of Topliss-reactive ketones (excluding diaryl/α,β-unsaturated/α-hetero) is 1. The van der Waals surface area contributed by atoms with E-state index in [1.54, 1.807) is 0 Å². The summed E-state index contributed by atoms with van der Waals surface area (Å²) in [5.74, 6) is 0.187. The van der Waals surface area contributed by atoms with Crippen LogP contribution in [0.3, 0.4) is 0 Å². The van der Waals surface area contributed by atoms with Crippen LogP contribution in [-0.2, 0) is 14.4 Å². The second-order valence-electron chi connectivity index (χ2n) is 5.82. The number of hydrogen-bond acceptors (Lipinski definition) is 3. The molecule has 2 atom stereocenters. The zero-order valence-electron chi connectivity index (χ0n) is 12.4. The van der Waals surface area contributed by atoms with Gasteiger partial charge in [-0.2, -0.15) is 0 Å². The van der Waals surface area contributed by atoms with Crippen molar-refractivity contribution in [1.29, 1.82) is 0 Å². The second kappa shape index (κ2) is 6.83. The number of carbonyl (C=O) groups is 3. The summed E-state index contributed by atoms with van der Waals surface area (Å²) in [4.78, 5) is 36.9. The van der Waals surface area contributed by atoms with E-state index in [1.807, 2.05) is 27.7 Å². The Hall–Kier alpha value is -1.19. The molecule has 4 heteroatoms. The minimum atomic E-state index is -0.169. The van der Waals surface area contributed by atoms with Crippen LogP contribution in [0.1, 0.15) is 53.4 Å². The van der Waals surface area contributed by atoms with Crippen molar-refractivity contribution in [2.45, 2.75) is 53.4 Å². The Balaban J connectivity index is 2.44. The number of nitrogens with zero attached hydrogens (tertiary/aromatic N) is 1. The molecule has 0 aromatic rings. The number of likely N-dealkylation sites (tertiary alicyclic amines) is 1. The molecule has 0 radical (unpaired) electrons. The van der Waals surface area contributed by atoms with Crippen LogP contribution >= 0.6 is 0 Å². The molecule has 1 rings (SSSR count). The fraction of sp³-hybridized carbons (Fsp3) is 0.800. The summed E-state index contributed by atoms with van der Waals surface area (Å²) in [6.45, 7) is 8.23. The Kier molecular flexibility index (Phi) is 5.70. The highest BCUT2D eigenvalue weighted by Gasteiger charge is 2.39. The van der Waals surface area contributed by atoms with E-state index in [-0.39, 0.29) is 35.4 Å². The molecular formula is C15H25NO3. The Morgan fingerprint density at radius 1 is 1.32 bits per heavy atom. The molecule has 0 bridgehead atoms. The van der Waals surface area contributed by atoms with Gasteiger partial charge in [-0.15, -0.1) is 0 Å². The third-order valence-electron chi connectivity index (χ3n) is 4.05. The fourth-order valence-electron chi connectivity index (χ4n) is 2.35. The number of carbonyl (C=O) groups excluding carboxylic acids is 3. The molecule has 0 aromatic carbocycles. The van der Waals surface area contributed by atoms with E-state index in [1.165, 1.54) is 4.90 Å². The van der Waals surface area contributed by atoms with Gasteiger partial charge in [0.15, 0.2) is 0 Å². The summed E-state index contributed by atoms with van der Waals surface area (Å²) in [6, 6.07) is 0. The SMILES string of the molecule is CCC(C)C(=O)CCCN1C(=O)CC(C(C)C)C1=O. The van der Waals surface area contributed by atoms with Crippen molar-refractivity contribution in [3.8, 4) is 0 Å². The van der Waals surface area contributed by atoms with E-state index in [2.05, 4.69) is 0 Å². The van der Waals surface area contributed by atoms with E-state index in [0.717, 1.165) is 6.42 Å². The number of amides is 2. The van der Waals surface area contributed by atoms with Crippen LogP contribution in [0.5, 0.6) is 0 Å². The summed E-state index contributed by atoms with van der Waals surface area (Å²) in [5, 5.41) is 0. The monoisotopic (exact) mass is 267 g/mol. The van der Waals surface area contributed by atoms with Crippen molar-refractivity contribution in [3.63, 3.8) is 0 Å². The van der Waals surface area contributed by atoms with E-state index in [4.69, 9.17) is 0 Å². The molecule has 0 spiro atoms. The molecular weight excluding hydrogens is 242 g/mol. The number of imide groups is 1. The van der Waals surface area contributed by atoms with E-state index < -0.39 is 0 Å². The fourth-order valence-corrected chi connectivity index (χ4v) is 2.35. The lowest BCUT2D eigenvalue weighted by Gasteiger charge is -2.16. The maximum absolute atomic E-state index is 12.0. The number of rotatable bonds is 7. The van der Waals surface area contributed by atoms with Crippen molar-refractivity contribution in [3.05, 3.63) is 0 Å². The molecule has 0 aromatic heterocycles. The van der Waals surface area contributed by atoms with Gasteiger partial charge in [-0.25, -0.2) is 0 Å². The molecule has 19 heavy (non-hydrogen) atoms. The largest absolute Gasteiger partial charge is 0.299 e. The Morgan fingerprint density at radius 2 is 1.95 bits per heavy atom. The third kappa shape index (κ3) is 3.88. The third-order valence-corrected chi connectivity index (χ3v) is 4.05. The lowest BCUT2D eigenvalue weighted by Crippen LogP contribution is -2.33. The summed E-state index contributed by atoms with van der Waals surface area (Å²) < 4.78 is 0. The summed E-state index contributed by atoms with van der Waals surface area (Å²) >= 11 is 0. The lowest BCUT2D eigenvalue weighted by molar-refractivity contribution is -0.140. The average molecular weight is 267 g/mol. The predicted molar refractivity (Wildman–Crippen MR) is 73.4 cm³/mol. The summed E-state index contributed by atoms with van der Waals surface area (Å²) in [7, 11) is 0. The quantitative estimate of drug-likeness (QED) is 0.666. The molecule has 1 aliphatic rings. The highest BCUT2D eigenvalue weighted by atomic mass is 16.2. The van der Waals surface area contributed by atoms with Crippen molar-refractivity contribution in [2.24, 2.45) is 17.8 Å². The Morgan fingerprint density at radius 3 is 2.42 bits per heavy atom. The molecule has 108 valence electrons.